The van der Waals surface area contributed by atoms with Crippen LogP contribution in [-0.2, 0) is 0 Å². The highest BCUT2D eigenvalue weighted by molar-refractivity contribution is 5.95. The van der Waals surface area contributed by atoms with Gasteiger partial charge in [0.2, 0.25) is 5.82 Å². The first kappa shape index (κ1) is 16.0. The quantitative estimate of drug-likeness (QED) is 0.616. The zero-order valence-electron chi connectivity index (χ0n) is 10.7. The van der Waals surface area contributed by atoms with E-state index in [4.69, 9.17) is 5.11 Å². The summed E-state index contributed by atoms with van der Waals surface area (Å²) in [5, 5.41) is 21.5. The van der Waals surface area contributed by atoms with Crippen molar-refractivity contribution >= 4 is 11.6 Å². The molecule has 0 heterocycles. The number of nitro groups is 1. The first-order chi connectivity index (χ1) is 9.38. The molecule has 0 aliphatic heterocycles. The van der Waals surface area contributed by atoms with Gasteiger partial charge in [-0.3, -0.25) is 14.9 Å². The lowest BCUT2D eigenvalue weighted by Gasteiger charge is -2.13. The van der Waals surface area contributed by atoms with Gasteiger partial charge in [-0.05, 0) is 25.8 Å². The summed E-state index contributed by atoms with van der Waals surface area (Å²) in [6.45, 7) is 1.53. The third-order valence-electron chi connectivity index (χ3n) is 2.67. The molecule has 0 aliphatic rings. The van der Waals surface area contributed by atoms with Gasteiger partial charge < -0.3 is 10.4 Å². The Morgan fingerprint density at radius 3 is 2.70 bits per heavy atom. The summed E-state index contributed by atoms with van der Waals surface area (Å²) in [4.78, 5) is 21.3. The fourth-order valence-corrected chi connectivity index (χ4v) is 1.66. The smallest absolute Gasteiger partial charge is 0.305 e. The Bertz CT molecular complexity index is 522. The molecule has 110 valence electrons. The maximum Gasteiger partial charge on any atom is 0.305 e. The van der Waals surface area contributed by atoms with Crippen molar-refractivity contribution in [2.24, 2.45) is 0 Å². The van der Waals surface area contributed by atoms with E-state index >= 15 is 0 Å². The standard InChI is InChI=1S/C12H14F2N2O4/c1-7(3-2-6-17)15-12(18)10-8(13)4-5-9(11(10)14)16(19)20/h4-5,7,17H,2-3,6H2,1H3,(H,15,18). The molecular formula is C12H14F2N2O4. The number of rotatable bonds is 6. The predicted octanol–water partition coefficient (Wildman–Crippen LogP) is 1.76. The van der Waals surface area contributed by atoms with Crippen LogP contribution in [0.1, 0.15) is 30.1 Å². The predicted molar refractivity (Wildman–Crippen MR) is 66.3 cm³/mol. The first-order valence-corrected chi connectivity index (χ1v) is 5.92. The SMILES string of the molecule is CC(CCCO)NC(=O)c1c(F)ccc([N+](=O)[O-])c1F. The minimum absolute atomic E-state index is 0.0697. The number of hydrogen-bond donors (Lipinski definition) is 2. The third kappa shape index (κ3) is 3.70. The van der Waals surface area contributed by atoms with Gasteiger partial charge in [-0.1, -0.05) is 0 Å². The molecule has 1 aromatic carbocycles. The van der Waals surface area contributed by atoms with Gasteiger partial charge in [-0.15, -0.1) is 0 Å². The van der Waals surface area contributed by atoms with Crippen molar-refractivity contribution in [2.75, 3.05) is 6.61 Å². The number of halogens is 2. The third-order valence-corrected chi connectivity index (χ3v) is 2.67. The molecule has 0 radical (unpaired) electrons. The number of aliphatic hydroxyl groups is 1. The average molecular weight is 288 g/mol. The average Bonchev–Trinajstić information content (AvgIpc) is 2.35. The molecule has 1 atom stereocenters. The van der Waals surface area contributed by atoms with Gasteiger partial charge in [0, 0.05) is 18.7 Å². The van der Waals surface area contributed by atoms with Crippen LogP contribution in [0, 0.1) is 21.7 Å². The van der Waals surface area contributed by atoms with Crippen LogP contribution in [0.4, 0.5) is 14.5 Å². The molecule has 8 heteroatoms. The van der Waals surface area contributed by atoms with E-state index in [9.17, 15) is 23.7 Å². The lowest BCUT2D eigenvalue weighted by molar-refractivity contribution is -0.387. The second-order valence-corrected chi connectivity index (χ2v) is 4.25. The number of nitrogens with zero attached hydrogens (tertiary/aromatic N) is 1. The summed E-state index contributed by atoms with van der Waals surface area (Å²) < 4.78 is 27.2. The Morgan fingerprint density at radius 1 is 1.50 bits per heavy atom. The van der Waals surface area contributed by atoms with E-state index in [0.29, 0.717) is 25.0 Å². The Balaban J connectivity index is 2.98. The highest BCUT2D eigenvalue weighted by atomic mass is 19.1. The maximum atomic E-state index is 13.8. The fraction of sp³-hybridized carbons (Fsp3) is 0.417. The maximum absolute atomic E-state index is 13.8. The molecule has 0 bridgehead atoms. The summed E-state index contributed by atoms with van der Waals surface area (Å²) in [7, 11) is 0. The zero-order chi connectivity index (χ0) is 15.3. The number of nitro benzene ring substituents is 1. The molecule has 0 fully saturated rings. The Hall–Kier alpha value is -2.09. The van der Waals surface area contributed by atoms with E-state index in [0.717, 1.165) is 0 Å². The molecule has 0 saturated carbocycles. The van der Waals surface area contributed by atoms with Crippen LogP contribution < -0.4 is 5.32 Å². The van der Waals surface area contributed by atoms with Crippen molar-refractivity contribution in [2.45, 2.75) is 25.8 Å². The van der Waals surface area contributed by atoms with Crippen LogP contribution in [-0.4, -0.2) is 28.6 Å². The Kier molecular flexibility index (Phi) is 5.51. The van der Waals surface area contributed by atoms with Crippen molar-refractivity contribution in [3.05, 3.63) is 39.4 Å². The summed E-state index contributed by atoms with van der Waals surface area (Å²) in [5.41, 5.74) is -1.94. The summed E-state index contributed by atoms with van der Waals surface area (Å²) in [6, 6.07) is 0.915. The van der Waals surface area contributed by atoms with Gasteiger partial charge in [0.05, 0.1) is 4.92 Å². The van der Waals surface area contributed by atoms with Crippen molar-refractivity contribution in [3.8, 4) is 0 Å². The largest absolute Gasteiger partial charge is 0.396 e. The lowest BCUT2D eigenvalue weighted by atomic mass is 10.1. The molecule has 0 aliphatic carbocycles. The summed E-state index contributed by atoms with van der Waals surface area (Å²) in [5.74, 6) is -3.73. The van der Waals surface area contributed by atoms with Gasteiger partial charge in [0.1, 0.15) is 11.4 Å². The molecule has 1 rings (SSSR count). The number of carbonyl (C=O) groups is 1. The topological polar surface area (TPSA) is 92.5 Å². The Labute approximate surface area is 113 Å². The van der Waals surface area contributed by atoms with E-state index in [1.807, 2.05) is 0 Å². The summed E-state index contributed by atoms with van der Waals surface area (Å²) in [6.07, 6.45) is 0.835. The summed E-state index contributed by atoms with van der Waals surface area (Å²) >= 11 is 0. The van der Waals surface area contributed by atoms with E-state index in [-0.39, 0.29) is 6.61 Å². The first-order valence-electron chi connectivity index (χ1n) is 5.92. The normalized spacial score (nSPS) is 12.0. The zero-order valence-corrected chi connectivity index (χ0v) is 10.7. The molecular weight excluding hydrogens is 274 g/mol. The minimum atomic E-state index is -1.50. The van der Waals surface area contributed by atoms with Gasteiger partial charge in [-0.25, -0.2) is 4.39 Å². The van der Waals surface area contributed by atoms with Gasteiger partial charge in [-0.2, -0.15) is 4.39 Å². The highest BCUT2D eigenvalue weighted by Crippen LogP contribution is 2.23. The second kappa shape index (κ2) is 6.90. The van der Waals surface area contributed by atoms with Crippen LogP contribution in [0.15, 0.2) is 12.1 Å². The lowest BCUT2D eigenvalue weighted by Crippen LogP contribution is -2.34. The van der Waals surface area contributed by atoms with E-state index in [1.54, 1.807) is 6.92 Å². The van der Waals surface area contributed by atoms with Crippen molar-refractivity contribution in [3.63, 3.8) is 0 Å². The molecule has 0 spiro atoms. The Morgan fingerprint density at radius 2 is 2.15 bits per heavy atom. The number of carbonyl (C=O) groups excluding carboxylic acids is 1. The number of aliphatic hydroxyl groups excluding tert-OH is 1. The van der Waals surface area contributed by atoms with Gasteiger partial charge >= 0.3 is 5.69 Å². The number of nitrogens with one attached hydrogen (secondary N) is 1. The van der Waals surface area contributed by atoms with Crippen molar-refractivity contribution in [1.82, 2.24) is 5.32 Å². The molecule has 2 N–H and O–H groups in total. The number of amides is 1. The van der Waals surface area contributed by atoms with Gasteiger partial charge in [0.15, 0.2) is 0 Å². The van der Waals surface area contributed by atoms with Crippen molar-refractivity contribution in [1.29, 1.82) is 0 Å². The van der Waals surface area contributed by atoms with Crippen LogP contribution >= 0.6 is 0 Å². The molecule has 0 aromatic heterocycles. The minimum Gasteiger partial charge on any atom is -0.396 e. The monoisotopic (exact) mass is 288 g/mol. The van der Waals surface area contributed by atoms with E-state index in [2.05, 4.69) is 5.32 Å². The highest BCUT2D eigenvalue weighted by Gasteiger charge is 2.26. The fourth-order valence-electron chi connectivity index (χ4n) is 1.66. The van der Waals surface area contributed by atoms with Crippen LogP contribution in [0.5, 0.6) is 0 Å². The molecule has 1 unspecified atom stereocenters. The molecule has 6 nitrogen and oxygen atoms in total. The van der Waals surface area contributed by atoms with Crippen LogP contribution in [0.2, 0.25) is 0 Å². The molecule has 1 amide bonds. The van der Waals surface area contributed by atoms with Gasteiger partial charge in [0.25, 0.3) is 5.91 Å². The molecule has 0 saturated heterocycles. The molecule has 1 aromatic rings. The molecule has 20 heavy (non-hydrogen) atoms. The van der Waals surface area contributed by atoms with Crippen LogP contribution in [0.3, 0.4) is 0 Å². The van der Waals surface area contributed by atoms with Crippen LogP contribution in [0.25, 0.3) is 0 Å². The van der Waals surface area contributed by atoms with E-state index in [1.165, 1.54) is 0 Å². The van der Waals surface area contributed by atoms with E-state index < -0.39 is 39.8 Å². The number of hydrogen-bond acceptors (Lipinski definition) is 4. The van der Waals surface area contributed by atoms with Crippen molar-refractivity contribution < 1.29 is 23.6 Å². The second-order valence-electron chi connectivity index (χ2n) is 4.25. The number of benzene rings is 1.